The van der Waals surface area contributed by atoms with Gasteiger partial charge >= 0.3 is 0 Å². The van der Waals surface area contributed by atoms with Gasteiger partial charge in [0.05, 0.1) is 20.8 Å². The molecule has 0 spiro atoms. The average Bonchev–Trinajstić information content (AvgIpc) is 3.33. The van der Waals surface area contributed by atoms with Gasteiger partial charge in [-0.1, -0.05) is 13.8 Å². The highest BCUT2D eigenvalue weighted by molar-refractivity contribution is 7.21. The van der Waals surface area contributed by atoms with E-state index in [0.717, 1.165) is 47.0 Å². The Morgan fingerprint density at radius 3 is 2.61 bits per heavy atom. The van der Waals surface area contributed by atoms with Gasteiger partial charge in [0, 0.05) is 36.1 Å². The van der Waals surface area contributed by atoms with E-state index in [9.17, 15) is 4.79 Å². The van der Waals surface area contributed by atoms with Crippen LogP contribution in [-0.2, 0) is 0 Å². The van der Waals surface area contributed by atoms with Gasteiger partial charge in [0.25, 0.3) is 5.91 Å². The number of aromatic amines is 1. The largest absolute Gasteiger partial charge is 0.354 e. The van der Waals surface area contributed by atoms with E-state index >= 15 is 0 Å². The molecular formula is C22H28N4OS. The number of H-pyrrole nitrogens is 1. The molecule has 0 radical (unpaired) electrons. The van der Waals surface area contributed by atoms with Crippen molar-refractivity contribution < 1.29 is 4.79 Å². The first kappa shape index (κ1) is 19.2. The van der Waals surface area contributed by atoms with Crippen molar-refractivity contribution in [3.63, 3.8) is 0 Å². The molecule has 148 valence electrons. The monoisotopic (exact) mass is 396 g/mol. The number of fused-ring (bicyclic) bond motifs is 1. The third kappa shape index (κ3) is 3.35. The summed E-state index contributed by atoms with van der Waals surface area (Å²) >= 11 is 1.62. The third-order valence-electron chi connectivity index (χ3n) is 5.55. The fourth-order valence-electron chi connectivity index (χ4n) is 4.20. The summed E-state index contributed by atoms with van der Waals surface area (Å²) < 4.78 is 1.20. The fraction of sp³-hybridized carbons (Fsp3) is 0.455. The van der Waals surface area contributed by atoms with E-state index in [2.05, 4.69) is 41.3 Å². The van der Waals surface area contributed by atoms with E-state index in [-0.39, 0.29) is 5.91 Å². The predicted octanol–water partition coefficient (Wildman–Crippen LogP) is 4.47. The van der Waals surface area contributed by atoms with Crippen LogP contribution in [-0.4, -0.2) is 47.0 Å². The highest BCUT2D eigenvalue weighted by Crippen LogP contribution is 2.40. The van der Waals surface area contributed by atoms with E-state index in [0.29, 0.717) is 12.0 Å². The van der Waals surface area contributed by atoms with Gasteiger partial charge in [-0.25, -0.2) is 0 Å². The van der Waals surface area contributed by atoms with Crippen LogP contribution >= 0.6 is 11.3 Å². The number of rotatable bonds is 4. The molecule has 1 aliphatic rings. The number of likely N-dealkylation sites (tertiary alicyclic amines) is 1. The molecule has 1 amide bonds. The smallest absolute Gasteiger partial charge is 0.264 e. The van der Waals surface area contributed by atoms with Crippen LogP contribution in [0.15, 0.2) is 18.2 Å². The topological polar surface area (TPSA) is 61.0 Å². The molecule has 4 heterocycles. The number of hydrogen-bond acceptors (Lipinski definition) is 4. The summed E-state index contributed by atoms with van der Waals surface area (Å²) in [5.74, 6) is 0.513. The number of nitrogens with zero attached hydrogens (tertiary/aromatic N) is 2. The second kappa shape index (κ2) is 7.33. The molecule has 3 aromatic rings. The Morgan fingerprint density at radius 1 is 1.29 bits per heavy atom. The first-order chi connectivity index (χ1) is 13.4. The van der Waals surface area contributed by atoms with Crippen molar-refractivity contribution >= 4 is 27.5 Å². The van der Waals surface area contributed by atoms with Gasteiger partial charge in [-0.2, -0.15) is 0 Å². The third-order valence-corrected chi connectivity index (χ3v) is 6.70. The van der Waals surface area contributed by atoms with Crippen LogP contribution in [0.1, 0.15) is 52.8 Å². The Kier molecular flexibility index (Phi) is 5.02. The van der Waals surface area contributed by atoms with Crippen molar-refractivity contribution in [1.82, 2.24) is 20.2 Å². The number of thiophene rings is 1. The van der Waals surface area contributed by atoms with Gasteiger partial charge in [-0.3, -0.25) is 9.78 Å². The summed E-state index contributed by atoms with van der Waals surface area (Å²) in [7, 11) is 1.96. The highest BCUT2D eigenvalue weighted by atomic mass is 32.1. The van der Waals surface area contributed by atoms with Crippen molar-refractivity contribution in [2.24, 2.45) is 0 Å². The van der Waals surface area contributed by atoms with Gasteiger partial charge in [0.15, 0.2) is 0 Å². The SMILES string of the molecule is CN[C@H]1CCN(C(=O)c2cc3[nH]c(-c4cc(C)nc(C)c4)c(C(C)C)c3s2)C1. The van der Waals surface area contributed by atoms with E-state index < -0.39 is 0 Å². The number of carbonyl (C=O) groups excluding carboxylic acids is 1. The lowest BCUT2D eigenvalue weighted by Gasteiger charge is -2.15. The van der Waals surface area contributed by atoms with Crippen molar-refractivity contribution in [3.8, 4) is 11.3 Å². The standard InChI is InChI=1S/C22H28N4OS/c1-12(2)19-20(15-8-13(3)24-14(4)9-15)25-17-10-18(28-21(17)19)22(27)26-7-6-16(11-26)23-5/h8-10,12,16,23,25H,6-7,11H2,1-5H3/t16-/m0/s1. The number of amides is 1. The molecule has 1 fully saturated rings. The van der Waals surface area contributed by atoms with Gasteiger partial charge in [0.1, 0.15) is 0 Å². The number of hydrogen-bond donors (Lipinski definition) is 2. The quantitative estimate of drug-likeness (QED) is 0.684. The van der Waals surface area contributed by atoms with Gasteiger partial charge in [-0.05, 0) is 57.0 Å². The summed E-state index contributed by atoms with van der Waals surface area (Å²) in [5, 5.41) is 3.28. The van der Waals surface area contributed by atoms with E-state index in [1.165, 1.54) is 15.8 Å². The lowest BCUT2D eigenvalue weighted by molar-refractivity contribution is 0.0794. The molecule has 0 aromatic carbocycles. The van der Waals surface area contributed by atoms with Crippen LogP contribution in [0.2, 0.25) is 0 Å². The van der Waals surface area contributed by atoms with Crippen LogP contribution in [0.25, 0.3) is 21.5 Å². The maximum absolute atomic E-state index is 13.0. The molecule has 28 heavy (non-hydrogen) atoms. The fourth-order valence-corrected chi connectivity index (χ4v) is 5.48. The summed E-state index contributed by atoms with van der Waals surface area (Å²) in [5.41, 5.74) is 6.71. The number of aryl methyl sites for hydroxylation is 2. The number of likely N-dealkylation sites (N-methyl/N-ethyl adjacent to an activating group) is 1. The van der Waals surface area contributed by atoms with Crippen LogP contribution in [0.3, 0.4) is 0 Å². The Hall–Kier alpha value is -2.18. The zero-order valence-corrected chi connectivity index (χ0v) is 18.0. The molecule has 1 aliphatic heterocycles. The number of nitrogens with one attached hydrogen (secondary N) is 2. The van der Waals surface area contributed by atoms with Crippen LogP contribution in [0.4, 0.5) is 0 Å². The number of aromatic nitrogens is 2. The summed E-state index contributed by atoms with van der Waals surface area (Å²) in [6.07, 6.45) is 1.02. The van der Waals surface area contributed by atoms with Crippen LogP contribution in [0, 0.1) is 13.8 Å². The predicted molar refractivity (Wildman–Crippen MR) is 116 cm³/mol. The molecule has 1 atom stereocenters. The van der Waals surface area contributed by atoms with E-state index in [4.69, 9.17) is 0 Å². The molecular weight excluding hydrogens is 368 g/mol. The van der Waals surface area contributed by atoms with Crippen LogP contribution in [0.5, 0.6) is 0 Å². The zero-order chi connectivity index (χ0) is 20.0. The maximum atomic E-state index is 13.0. The Balaban J connectivity index is 1.74. The van der Waals surface area contributed by atoms with Gasteiger partial charge < -0.3 is 15.2 Å². The molecule has 4 rings (SSSR count). The second-order valence-electron chi connectivity index (χ2n) is 8.09. The van der Waals surface area contributed by atoms with E-state index in [1.807, 2.05) is 31.9 Å². The maximum Gasteiger partial charge on any atom is 0.264 e. The first-order valence-corrected chi connectivity index (χ1v) is 10.8. The van der Waals surface area contributed by atoms with Gasteiger partial charge in [-0.15, -0.1) is 11.3 Å². The van der Waals surface area contributed by atoms with E-state index in [1.54, 1.807) is 11.3 Å². The number of pyridine rings is 1. The lowest BCUT2D eigenvalue weighted by Crippen LogP contribution is -2.33. The van der Waals surface area contributed by atoms with Crippen LogP contribution < -0.4 is 5.32 Å². The van der Waals surface area contributed by atoms with Gasteiger partial charge in [0.2, 0.25) is 0 Å². The zero-order valence-electron chi connectivity index (χ0n) is 17.2. The van der Waals surface area contributed by atoms with Crippen molar-refractivity contribution in [1.29, 1.82) is 0 Å². The molecule has 0 saturated carbocycles. The number of carbonyl (C=O) groups is 1. The first-order valence-electron chi connectivity index (χ1n) is 9.95. The molecule has 2 N–H and O–H groups in total. The molecule has 3 aromatic heterocycles. The molecule has 5 nitrogen and oxygen atoms in total. The van der Waals surface area contributed by atoms with Crippen molar-refractivity contribution in [2.75, 3.05) is 20.1 Å². The summed E-state index contributed by atoms with van der Waals surface area (Å²) in [6.45, 7) is 10.1. The Morgan fingerprint density at radius 2 is 2.00 bits per heavy atom. The summed E-state index contributed by atoms with van der Waals surface area (Å²) in [6, 6.07) is 6.70. The van der Waals surface area contributed by atoms with Crippen molar-refractivity contribution in [2.45, 2.75) is 46.1 Å². The Labute approximate surface area is 170 Å². The molecule has 0 unspecified atom stereocenters. The highest BCUT2D eigenvalue weighted by Gasteiger charge is 2.28. The summed E-state index contributed by atoms with van der Waals surface area (Å²) in [4.78, 5) is 23.9. The Bertz CT molecular complexity index is 1010. The minimum Gasteiger partial charge on any atom is -0.354 e. The second-order valence-corrected chi connectivity index (χ2v) is 9.14. The molecule has 1 saturated heterocycles. The lowest BCUT2D eigenvalue weighted by atomic mass is 9.99. The molecule has 6 heteroatoms. The minimum atomic E-state index is 0.152. The molecule has 0 bridgehead atoms. The molecule has 0 aliphatic carbocycles. The van der Waals surface area contributed by atoms with Crippen molar-refractivity contribution in [3.05, 3.63) is 40.0 Å². The minimum absolute atomic E-state index is 0.152. The average molecular weight is 397 g/mol. The normalized spacial score (nSPS) is 17.2.